The normalized spacial score (nSPS) is 11.0. The second-order valence-electron chi connectivity index (χ2n) is 18.2. The van der Waals surface area contributed by atoms with Gasteiger partial charge in [0.15, 0.2) is 0 Å². The van der Waals surface area contributed by atoms with Gasteiger partial charge in [-0.25, -0.2) is 0 Å². The molecule has 14 rings (SSSR count). The number of hydrogen-bond acceptors (Lipinski definition) is 7. The number of benzene rings is 12. The first-order valence-electron chi connectivity index (χ1n) is 25.2. The fourth-order valence-electron chi connectivity index (χ4n) is 9.98. The van der Waals surface area contributed by atoms with Gasteiger partial charge in [0.1, 0.15) is 0 Å². The molecule has 0 aliphatic rings. The van der Waals surface area contributed by atoms with Crippen molar-refractivity contribution in [2.75, 3.05) is 15.1 Å². The first-order valence-corrected chi connectivity index (χ1v) is 26.8. The zero-order chi connectivity index (χ0) is 51.9. The van der Waals surface area contributed by atoms with Gasteiger partial charge in [-0.05, 0) is 143 Å². The second kappa shape index (κ2) is 22.3. The Hall–Kier alpha value is -9.28. The van der Waals surface area contributed by atoms with Crippen molar-refractivity contribution in [3.05, 3.63) is 289 Å². The topological polar surface area (TPSA) is 70.1 Å². The Morgan fingerprint density at radius 1 is 0.247 bits per heavy atom. The largest absolute Gasteiger partial charge is 0.356 e. The molecule has 2 heterocycles. The fourth-order valence-corrected chi connectivity index (χ4v) is 10.7. The standard InChI is InChI=1S/C40H28N4.C16H8Br2N2.C12H11N/c1-5-13-29(14-6-1)43(30-15-7-2-8-16-30)33-21-23-35-36-24-22-34(28-38(36)40-39(37(35)27-33)41-25-26-42-40)44(31-17-9-3-10-18-31)32-19-11-4-12-20-32;17-9-1-3-11-12-4-2-10(18)8-14(12)16-15(13(11)7-9)19-5-6-20-16;1-3-7-11(8-4-1)13-12-9-5-2-6-10-12/h1-28H;1-8H;1-10,13H. The summed E-state index contributed by atoms with van der Waals surface area (Å²) in [4.78, 5) is 23.4. The van der Waals surface area contributed by atoms with Gasteiger partial charge in [0.25, 0.3) is 0 Å². The Morgan fingerprint density at radius 3 is 0.805 bits per heavy atom. The third kappa shape index (κ3) is 10.3. The minimum Gasteiger partial charge on any atom is -0.356 e. The van der Waals surface area contributed by atoms with Crippen molar-refractivity contribution in [1.29, 1.82) is 0 Å². The van der Waals surface area contributed by atoms with Crippen LogP contribution in [0.4, 0.5) is 45.5 Å². The summed E-state index contributed by atoms with van der Waals surface area (Å²) in [7, 11) is 0. The highest BCUT2D eigenvalue weighted by molar-refractivity contribution is 9.10. The highest BCUT2D eigenvalue weighted by Gasteiger charge is 2.19. The molecule has 0 spiro atoms. The maximum absolute atomic E-state index is 4.90. The van der Waals surface area contributed by atoms with Crippen LogP contribution in [0.5, 0.6) is 0 Å². The number of aromatic nitrogens is 4. The molecule has 2 aromatic heterocycles. The number of halogens is 2. The third-order valence-corrected chi connectivity index (χ3v) is 14.4. The van der Waals surface area contributed by atoms with Crippen LogP contribution in [0, 0.1) is 0 Å². The Bertz CT molecular complexity index is 3930. The predicted molar refractivity (Wildman–Crippen MR) is 330 cm³/mol. The number of anilines is 8. The molecule has 77 heavy (non-hydrogen) atoms. The molecule has 7 nitrogen and oxygen atoms in total. The van der Waals surface area contributed by atoms with Crippen molar-refractivity contribution in [3.63, 3.8) is 0 Å². The number of nitrogens with one attached hydrogen (secondary N) is 1. The molecule has 368 valence electrons. The van der Waals surface area contributed by atoms with Gasteiger partial charge in [-0.3, -0.25) is 19.9 Å². The van der Waals surface area contributed by atoms with Crippen molar-refractivity contribution >= 4 is 143 Å². The van der Waals surface area contributed by atoms with Gasteiger partial charge >= 0.3 is 0 Å². The van der Waals surface area contributed by atoms with Crippen LogP contribution < -0.4 is 15.1 Å². The van der Waals surface area contributed by atoms with Crippen LogP contribution in [0.15, 0.2) is 289 Å². The van der Waals surface area contributed by atoms with E-state index in [4.69, 9.17) is 9.97 Å². The lowest BCUT2D eigenvalue weighted by molar-refractivity contribution is 1.28. The molecule has 0 bridgehead atoms. The maximum atomic E-state index is 4.90. The molecule has 0 saturated heterocycles. The van der Waals surface area contributed by atoms with E-state index in [0.717, 1.165) is 109 Å². The molecule has 9 heteroatoms. The minimum absolute atomic E-state index is 0.890. The van der Waals surface area contributed by atoms with E-state index < -0.39 is 0 Å². The lowest BCUT2D eigenvalue weighted by Crippen LogP contribution is -2.10. The summed E-state index contributed by atoms with van der Waals surface area (Å²) < 4.78 is 2.10. The Morgan fingerprint density at radius 2 is 0.506 bits per heavy atom. The van der Waals surface area contributed by atoms with Crippen molar-refractivity contribution in [1.82, 2.24) is 19.9 Å². The van der Waals surface area contributed by atoms with Gasteiger partial charge in [-0.15, -0.1) is 0 Å². The maximum Gasteiger partial charge on any atom is 0.0972 e. The van der Waals surface area contributed by atoms with E-state index in [9.17, 15) is 0 Å². The summed E-state index contributed by atoms with van der Waals surface area (Å²) in [5.74, 6) is 0. The summed E-state index contributed by atoms with van der Waals surface area (Å²) in [6, 6.07) is 88.2. The summed E-state index contributed by atoms with van der Waals surface area (Å²) in [6.07, 6.45) is 7.06. The fraction of sp³-hybridized carbons (Fsp3) is 0. The van der Waals surface area contributed by atoms with E-state index in [2.05, 4.69) is 227 Å². The first kappa shape index (κ1) is 48.6. The van der Waals surface area contributed by atoms with Gasteiger partial charge in [0, 0.05) is 101 Å². The zero-order valence-corrected chi connectivity index (χ0v) is 44.7. The first-order chi connectivity index (χ1) is 38.0. The van der Waals surface area contributed by atoms with Gasteiger partial charge < -0.3 is 15.1 Å². The molecule has 0 fully saturated rings. The summed E-state index contributed by atoms with van der Waals surface area (Å²) >= 11 is 7.08. The van der Waals surface area contributed by atoms with Crippen LogP contribution in [0.25, 0.3) is 65.2 Å². The van der Waals surface area contributed by atoms with E-state index in [1.165, 1.54) is 10.8 Å². The van der Waals surface area contributed by atoms with Crippen LogP contribution >= 0.6 is 31.9 Å². The van der Waals surface area contributed by atoms with Crippen molar-refractivity contribution in [2.24, 2.45) is 0 Å². The lowest BCUT2D eigenvalue weighted by Gasteiger charge is -2.26. The van der Waals surface area contributed by atoms with Crippen LogP contribution in [0.1, 0.15) is 0 Å². The minimum atomic E-state index is 0.890. The highest BCUT2D eigenvalue weighted by Crippen LogP contribution is 2.43. The van der Waals surface area contributed by atoms with Crippen LogP contribution in [-0.4, -0.2) is 19.9 Å². The number of para-hydroxylation sites is 6. The van der Waals surface area contributed by atoms with Gasteiger partial charge in [0.05, 0.1) is 22.1 Å². The number of hydrogen-bond donors (Lipinski definition) is 1. The van der Waals surface area contributed by atoms with E-state index >= 15 is 0 Å². The Kier molecular flexibility index (Phi) is 14.1. The predicted octanol–water partition coefficient (Wildman–Crippen LogP) is 19.8. The summed E-state index contributed by atoms with van der Waals surface area (Å²) in [5, 5.41) is 12.4. The molecular formula is C68H47Br2N7. The molecular weight excluding hydrogens is 1070 g/mol. The van der Waals surface area contributed by atoms with E-state index in [0.29, 0.717) is 0 Å². The molecule has 0 atom stereocenters. The van der Waals surface area contributed by atoms with Crippen molar-refractivity contribution in [2.45, 2.75) is 0 Å². The smallest absolute Gasteiger partial charge is 0.0972 e. The van der Waals surface area contributed by atoms with Crippen molar-refractivity contribution < 1.29 is 0 Å². The average Bonchev–Trinajstić information content (AvgIpc) is 3.51. The lowest BCUT2D eigenvalue weighted by atomic mass is 9.97. The molecule has 0 radical (unpaired) electrons. The van der Waals surface area contributed by atoms with E-state index in [1.54, 1.807) is 24.8 Å². The molecule has 14 aromatic rings. The average molecular weight is 1120 g/mol. The Balaban J connectivity index is 0.000000147. The zero-order valence-electron chi connectivity index (χ0n) is 41.5. The van der Waals surface area contributed by atoms with Crippen LogP contribution in [0.3, 0.4) is 0 Å². The number of rotatable bonds is 8. The molecule has 0 aliphatic carbocycles. The van der Waals surface area contributed by atoms with Crippen LogP contribution in [0.2, 0.25) is 0 Å². The highest BCUT2D eigenvalue weighted by atomic mass is 79.9. The number of nitrogens with zero attached hydrogens (tertiary/aromatic N) is 6. The molecule has 12 aromatic carbocycles. The summed E-state index contributed by atoms with van der Waals surface area (Å²) in [6.45, 7) is 0. The van der Waals surface area contributed by atoms with Gasteiger partial charge in [-0.2, -0.15) is 0 Å². The summed E-state index contributed by atoms with van der Waals surface area (Å²) in [5.41, 5.74) is 12.4. The quantitative estimate of drug-likeness (QED) is 0.152. The number of fused-ring (bicyclic) bond motifs is 12. The van der Waals surface area contributed by atoms with E-state index in [-0.39, 0.29) is 0 Å². The molecule has 0 saturated carbocycles. The van der Waals surface area contributed by atoms with Crippen LogP contribution in [-0.2, 0) is 0 Å². The Labute approximate surface area is 463 Å². The molecule has 0 unspecified atom stereocenters. The van der Waals surface area contributed by atoms with Crippen molar-refractivity contribution in [3.8, 4) is 0 Å². The molecule has 0 amide bonds. The third-order valence-electron chi connectivity index (χ3n) is 13.4. The SMILES string of the molecule is Brc1ccc2c3ccc(Br)cc3c3nccnc3c2c1.c1ccc(N(c2ccccc2)c2ccc3c4ccc(N(c5ccccc5)c5ccccc5)cc4c4nccnc4c3c2)cc1.c1ccc(Nc2ccccc2)cc1. The van der Waals surface area contributed by atoms with Gasteiger partial charge in [-0.1, -0.05) is 165 Å². The van der Waals surface area contributed by atoms with Gasteiger partial charge in [0.2, 0.25) is 0 Å². The van der Waals surface area contributed by atoms with E-state index in [1.807, 2.05) is 84.9 Å². The molecule has 0 aliphatic heterocycles. The monoisotopic (exact) mass is 1120 g/mol. The molecule has 1 N–H and O–H groups in total. The second-order valence-corrected chi connectivity index (χ2v) is 20.0.